The zero-order valence-electron chi connectivity index (χ0n) is 14.5. The van der Waals surface area contributed by atoms with Gasteiger partial charge < -0.3 is 4.74 Å². The van der Waals surface area contributed by atoms with Crippen LogP contribution in [0.4, 0.5) is 13.2 Å². The van der Waals surface area contributed by atoms with Gasteiger partial charge in [0.05, 0.1) is 11.8 Å². The van der Waals surface area contributed by atoms with E-state index in [-0.39, 0.29) is 25.7 Å². The van der Waals surface area contributed by atoms with Crippen LogP contribution in [-0.4, -0.2) is 17.9 Å². The lowest BCUT2D eigenvalue weighted by Crippen LogP contribution is -2.31. The van der Waals surface area contributed by atoms with Crippen LogP contribution in [0.15, 0.2) is 29.2 Å². The first-order valence-corrected chi connectivity index (χ1v) is 9.90. The number of unbranched alkanes of at least 4 members (excludes halogenated alkanes) is 2. The van der Waals surface area contributed by atoms with Crippen LogP contribution in [-0.2, 0) is 4.79 Å². The van der Waals surface area contributed by atoms with Crippen molar-refractivity contribution in [1.82, 2.24) is 0 Å². The fraction of sp³-hybridized carbons (Fsp3) is 0.632. The number of hydrogen-bond donors (Lipinski definition) is 0. The van der Waals surface area contributed by atoms with Crippen molar-refractivity contribution in [2.75, 3.05) is 5.75 Å². The van der Waals surface area contributed by atoms with Gasteiger partial charge in [0, 0.05) is 4.90 Å². The first kappa shape index (κ1) is 20.1. The van der Waals surface area contributed by atoms with E-state index in [1.165, 1.54) is 19.3 Å². The Morgan fingerprint density at radius 1 is 1.12 bits per heavy atom. The van der Waals surface area contributed by atoms with Gasteiger partial charge in [-0.3, -0.25) is 4.79 Å². The van der Waals surface area contributed by atoms with E-state index in [2.05, 4.69) is 6.92 Å². The third-order valence-corrected chi connectivity index (χ3v) is 5.68. The molecule has 0 aliphatic heterocycles. The molecule has 1 aromatic carbocycles. The molecule has 0 bridgehead atoms. The highest BCUT2D eigenvalue weighted by atomic mass is 32.2. The minimum Gasteiger partial charge on any atom is -0.426 e. The lowest BCUT2D eigenvalue weighted by atomic mass is 9.82. The van der Waals surface area contributed by atoms with Crippen molar-refractivity contribution in [1.29, 1.82) is 0 Å². The molecule has 0 radical (unpaired) electrons. The van der Waals surface area contributed by atoms with Crippen LogP contribution in [0.2, 0.25) is 0 Å². The Hall–Kier alpha value is -1.17. The topological polar surface area (TPSA) is 26.3 Å². The lowest BCUT2D eigenvalue weighted by Gasteiger charge is -2.28. The summed E-state index contributed by atoms with van der Waals surface area (Å²) in [5.41, 5.74) is 0. The van der Waals surface area contributed by atoms with Crippen LogP contribution in [0.1, 0.15) is 51.9 Å². The molecule has 0 spiro atoms. The molecule has 140 valence electrons. The lowest BCUT2D eigenvalue weighted by molar-refractivity contribution is -0.185. The van der Waals surface area contributed by atoms with E-state index in [1.54, 1.807) is 23.9 Å². The number of hydrogen-bond acceptors (Lipinski definition) is 3. The second-order valence-corrected chi connectivity index (χ2v) is 7.71. The molecule has 0 saturated heterocycles. The maximum absolute atomic E-state index is 12.7. The Morgan fingerprint density at radius 3 is 2.32 bits per heavy atom. The Morgan fingerprint density at radius 2 is 1.76 bits per heavy atom. The highest BCUT2D eigenvalue weighted by Crippen LogP contribution is 2.39. The molecule has 1 aliphatic rings. The Bertz CT molecular complexity index is 535. The van der Waals surface area contributed by atoms with Crippen molar-refractivity contribution in [3.05, 3.63) is 24.3 Å². The van der Waals surface area contributed by atoms with E-state index >= 15 is 0 Å². The van der Waals surface area contributed by atoms with Gasteiger partial charge in [-0.25, -0.2) is 0 Å². The van der Waals surface area contributed by atoms with Crippen LogP contribution >= 0.6 is 11.8 Å². The summed E-state index contributed by atoms with van der Waals surface area (Å²) in [5.74, 6) is -0.595. The van der Waals surface area contributed by atoms with Crippen molar-refractivity contribution in [3.8, 4) is 5.75 Å². The standard InChI is InChI=1S/C19H25F3O2S/c1-2-3-4-13-25-17-11-9-16(10-12-17)24-18(23)14-5-7-15(8-6-14)19(20,21)22/h9-12,14-15H,2-8,13H2,1H3. The third kappa shape index (κ3) is 6.57. The van der Waals surface area contributed by atoms with Gasteiger partial charge >= 0.3 is 12.1 Å². The molecule has 0 atom stereocenters. The Kier molecular flexibility index (Phi) is 7.66. The number of carbonyl (C=O) groups excluding carboxylic acids is 1. The summed E-state index contributed by atoms with van der Waals surface area (Å²) in [4.78, 5) is 13.3. The molecule has 1 aromatic rings. The number of halogens is 3. The summed E-state index contributed by atoms with van der Waals surface area (Å²) in [6, 6.07) is 7.34. The van der Waals surface area contributed by atoms with Crippen molar-refractivity contribution < 1.29 is 22.7 Å². The van der Waals surface area contributed by atoms with Gasteiger partial charge in [-0.05, 0) is 62.1 Å². The molecule has 1 fully saturated rings. The first-order valence-electron chi connectivity index (χ1n) is 8.91. The summed E-state index contributed by atoms with van der Waals surface area (Å²) < 4.78 is 43.3. The molecule has 0 amide bonds. The molecule has 25 heavy (non-hydrogen) atoms. The van der Waals surface area contributed by atoms with Gasteiger partial charge in [-0.15, -0.1) is 11.8 Å². The zero-order valence-corrected chi connectivity index (χ0v) is 15.3. The third-order valence-electron chi connectivity index (χ3n) is 4.58. The second-order valence-electron chi connectivity index (χ2n) is 6.54. The van der Waals surface area contributed by atoms with Gasteiger partial charge in [0.1, 0.15) is 5.75 Å². The van der Waals surface area contributed by atoms with Gasteiger partial charge in [0.2, 0.25) is 0 Å². The van der Waals surface area contributed by atoms with Crippen molar-refractivity contribution >= 4 is 17.7 Å². The number of alkyl halides is 3. The number of esters is 1. The normalized spacial score (nSPS) is 21.1. The van der Waals surface area contributed by atoms with E-state index in [9.17, 15) is 18.0 Å². The second kappa shape index (κ2) is 9.51. The SMILES string of the molecule is CCCCCSc1ccc(OC(=O)C2CCC(C(F)(F)F)CC2)cc1. The predicted octanol–water partition coefficient (Wildman–Crippen LogP) is 6.24. The number of ether oxygens (including phenoxy) is 1. The molecular formula is C19H25F3O2S. The summed E-state index contributed by atoms with van der Waals surface area (Å²) in [5, 5.41) is 0. The summed E-state index contributed by atoms with van der Waals surface area (Å²) in [6.07, 6.45) is -0.0480. The van der Waals surface area contributed by atoms with Crippen LogP contribution in [0.5, 0.6) is 5.75 Å². The molecule has 0 aromatic heterocycles. The fourth-order valence-corrected chi connectivity index (χ4v) is 3.91. The number of rotatable bonds is 7. The van der Waals surface area contributed by atoms with E-state index in [0.29, 0.717) is 5.75 Å². The highest BCUT2D eigenvalue weighted by molar-refractivity contribution is 7.99. The molecule has 0 unspecified atom stereocenters. The van der Waals surface area contributed by atoms with E-state index in [1.807, 2.05) is 12.1 Å². The molecule has 0 N–H and O–H groups in total. The molecule has 1 saturated carbocycles. The predicted molar refractivity (Wildman–Crippen MR) is 93.8 cm³/mol. The Labute approximate surface area is 151 Å². The van der Waals surface area contributed by atoms with E-state index in [0.717, 1.165) is 10.6 Å². The highest BCUT2D eigenvalue weighted by Gasteiger charge is 2.42. The van der Waals surface area contributed by atoms with Crippen LogP contribution < -0.4 is 4.74 Å². The summed E-state index contributed by atoms with van der Waals surface area (Å²) >= 11 is 1.77. The molecule has 1 aliphatic carbocycles. The van der Waals surface area contributed by atoms with Crippen LogP contribution in [0.3, 0.4) is 0 Å². The first-order chi connectivity index (χ1) is 11.9. The van der Waals surface area contributed by atoms with Crippen LogP contribution in [0, 0.1) is 11.8 Å². The average Bonchev–Trinajstić information content (AvgIpc) is 2.59. The van der Waals surface area contributed by atoms with Gasteiger partial charge in [-0.1, -0.05) is 19.8 Å². The van der Waals surface area contributed by atoms with Crippen molar-refractivity contribution in [3.63, 3.8) is 0 Å². The maximum Gasteiger partial charge on any atom is 0.391 e. The van der Waals surface area contributed by atoms with Gasteiger partial charge in [0.15, 0.2) is 0 Å². The minimum absolute atomic E-state index is 0.0105. The zero-order chi connectivity index (χ0) is 18.3. The smallest absolute Gasteiger partial charge is 0.391 e. The minimum atomic E-state index is -4.15. The number of carbonyl (C=O) groups is 1. The van der Waals surface area contributed by atoms with Gasteiger partial charge in [-0.2, -0.15) is 13.2 Å². The molecule has 2 nitrogen and oxygen atoms in total. The molecule has 6 heteroatoms. The van der Waals surface area contributed by atoms with Crippen LogP contribution in [0.25, 0.3) is 0 Å². The average molecular weight is 374 g/mol. The van der Waals surface area contributed by atoms with E-state index in [4.69, 9.17) is 4.74 Å². The monoisotopic (exact) mass is 374 g/mol. The quantitative estimate of drug-likeness (QED) is 0.244. The maximum atomic E-state index is 12.7. The molecule has 0 heterocycles. The summed E-state index contributed by atoms with van der Waals surface area (Å²) in [6.45, 7) is 2.17. The van der Waals surface area contributed by atoms with Crippen molar-refractivity contribution in [2.24, 2.45) is 11.8 Å². The Balaban J connectivity index is 1.77. The van der Waals surface area contributed by atoms with Crippen molar-refractivity contribution in [2.45, 2.75) is 62.9 Å². The molecule has 2 rings (SSSR count). The number of thioether (sulfide) groups is 1. The molecular weight excluding hydrogens is 349 g/mol. The van der Waals surface area contributed by atoms with E-state index < -0.39 is 24.0 Å². The fourth-order valence-electron chi connectivity index (χ4n) is 3.00. The summed E-state index contributed by atoms with van der Waals surface area (Å²) in [7, 11) is 0. The van der Waals surface area contributed by atoms with Gasteiger partial charge in [0.25, 0.3) is 0 Å². The number of benzene rings is 1. The largest absolute Gasteiger partial charge is 0.426 e.